The van der Waals surface area contributed by atoms with Crippen LogP contribution in [0.1, 0.15) is 5.56 Å². The average Bonchev–Trinajstić information content (AvgIpc) is 2.20. The van der Waals surface area contributed by atoms with Crippen LogP contribution in [-0.2, 0) is 0 Å². The van der Waals surface area contributed by atoms with Crippen LogP contribution >= 0.6 is 11.6 Å². The van der Waals surface area contributed by atoms with Crippen LogP contribution in [0.2, 0.25) is 5.02 Å². The first-order valence-electron chi connectivity index (χ1n) is 3.78. The maximum Gasteiger partial charge on any atom is 0.349 e. The number of amides is 2. The number of hydrazone groups is 1. The van der Waals surface area contributed by atoms with Gasteiger partial charge < -0.3 is 0 Å². The van der Waals surface area contributed by atoms with Gasteiger partial charge in [0.05, 0.1) is 6.21 Å². The Morgan fingerprint density at radius 1 is 1.50 bits per heavy atom. The van der Waals surface area contributed by atoms with Crippen LogP contribution in [0.4, 0.5) is 4.79 Å². The molecule has 5 nitrogen and oxygen atoms in total. The van der Waals surface area contributed by atoms with E-state index in [0.717, 1.165) is 0 Å². The van der Waals surface area contributed by atoms with E-state index in [1.165, 1.54) is 6.21 Å². The summed E-state index contributed by atoms with van der Waals surface area (Å²) in [6.07, 6.45) is 1.43. The number of halogens is 1. The van der Waals surface area contributed by atoms with E-state index in [2.05, 4.69) is 10.5 Å². The highest BCUT2D eigenvalue weighted by molar-refractivity contribution is 6.33. The molecule has 14 heavy (non-hydrogen) atoms. The van der Waals surface area contributed by atoms with Gasteiger partial charge in [-0.1, -0.05) is 29.8 Å². The van der Waals surface area contributed by atoms with Gasteiger partial charge in [-0.3, -0.25) is 5.43 Å². The van der Waals surface area contributed by atoms with E-state index >= 15 is 0 Å². The van der Waals surface area contributed by atoms with E-state index in [-0.39, 0.29) is 0 Å². The lowest BCUT2D eigenvalue weighted by Crippen LogP contribution is -2.37. The zero-order valence-electron chi connectivity index (χ0n) is 7.20. The van der Waals surface area contributed by atoms with Crippen molar-refractivity contribution >= 4 is 23.8 Å². The molecular formula is C8H9ClN4O. The summed E-state index contributed by atoms with van der Waals surface area (Å²) in [4.78, 5) is 10.6. The molecule has 0 saturated heterocycles. The Labute approximate surface area is 85.9 Å². The Hall–Kier alpha value is -1.59. The summed E-state index contributed by atoms with van der Waals surface area (Å²) < 4.78 is 0. The first-order chi connectivity index (χ1) is 6.74. The number of nitrogens with zero attached hydrogens (tertiary/aromatic N) is 1. The van der Waals surface area contributed by atoms with Gasteiger partial charge in [-0.2, -0.15) is 5.10 Å². The number of carbonyl (C=O) groups is 1. The van der Waals surface area contributed by atoms with Gasteiger partial charge in [0, 0.05) is 10.6 Å². The van der Waals surface area contributed by atoms with Crippen molar-refractivity contribution in [3.63, 3.8) is 0 Å². The molecule has 0 fully saturated rings. The van der Waals surface area contributed by atoms with Crippen LogP contribution in [0.25, 0.3) is 0 Å². The van der Waals surface area contributed by atoms with E-state index in [0.29, 0.717) is 10.6 Å². The van der Waals surface area contributed by atoms with Gasteiger partial charge in [-0.25, -0.2) is 16.1 Å². The number of rotatable bonds is 2. The number of nitrogens with two attached hydrogens (primary N) is 1. The fourth-order valence-corrected chi connectivity index (χ4v) is 0.957. The molecule has 0 saturated carbocycles. The predicted molar refractivity (Wildman–Crippen MR) is 54.9 cm³/mol. The molecule has 0 bridgehead atoms. The summed E-state index contributed by atoms with van der Waals surface area (Å²) in [5, 5.41) is 4.18. The minimum Gasteiger partial charge on any atom is -0.274 e. The van der Waals surface area contributed by atoms with Gasteiger partial charge in [0.1, 0.15) is 0 Å². The summed E-state index contributed by atoms with van der Waals surface area (Å²) in [6.45, 7) is 0. The smallest absolute Gasteiger partial charge is 0.274 e. The SMILES string of the molecule is NNC(=O)NN=Cc1ccccc1Cl. The average molecular weight is 213 g/mol. The third kappa shape index (κ3) is 3.04. The van der Waals surface area contributed by atoms with Crippen molar-refractivity contribution in [3.8, 4) is 0 Å². The minimum atomic E-state index is -0.590. The number of benzene rings is 1. The van der Waals surface area contributed by atoms with E-state index in [1.54, 1.807) is 18.2 Å². The van der Waals surface area contributed by atoms with Crippen LogP contribution in [0.15, 0.2) is 29.4 Å². The van der Waals surface area contributed by atoms with Crippen LogP contribution in [0.5, 0.6) is 0 Å². The molecule has 0 heterocycles. The second-order valence-electron chi connectivity index (χ2n) is 2.36. The lowest BCUT2D eigenvalue weighted by Gasteiger charge is -1.97. The summed E-state index contributed by atoms with van der Waals surface area (Å²) in [5.74, 6) is 4.82. The number of nitrogens with one attached hydrogen (secondary N) is 2. The quantitative estimate of drug-likeness (QED) is 0.294. The van der Waals surface area contributed by atoms with E-state index in [4.69, 9.17) is 17.4 Å². The molecule has 1 aromatic rings. The molecule has 0 unspecified atom stereocenters. The molecule has 0 aliphatic carbocycles. The van der Waals surface area contributed by atoms with Crippen molar-refractivity contribution in [1.82, 2.24) is 10.9 Å². The van der Waals surface area contributed by atoms with Crippen molar-refractivity contribution < 1.29 is 4.79 Å². The monoisotopic (exact) mass is 212 g/mol. The van der Waals surface area contributed by atoms with E-state index < -0.39 is 6.03 Å². The molecule has 0 aliphatic heterocycles. The Bertz CT molecular complexity index is 353. The van der Waals surface area contributed by atoms with Crippen molar-refractivity contribution in [2.24, 2.45) is 10.9 Å². The molecule has 74 valence electrons. The molecule has 0 radical (unpaired) electrons. The normalized spacial score (nSPS) is 10.1. The molecule has 0 spiro atoms. The van der Waals surface area contributed by atoms with E-state index in [9.17, 15) is 4.79 Å². The van der Waals surface area contributed by atoms with Gasteiger partial charge in [0.2, 0.25) is 0 Å². The van der Waals surface area contributed by atoms with Crippen molar-refractivity contribution in [3.05, 3.63) is 34.9 Å². The summed E-state index contributed by atoms with van der Waals surface area (Å²) >= 11 is 5.83. The summed E-state index contributed by atoms with van der Waals surface area (Å²) in [5.41, 5.74) is 4.73. The Morgan fingerprint density at radius 3 is 2.86 bits per heavy atom. The van der Waals surface area contributed by atoms with Crippen molar-refractivity contribution in [1.29, 1.82) is 0 Å². The third-order valence-corrected chi connectivity index (χ3v) is 1.75. The second kappa shape index (κ2) is 5.21. The first kappa shape index (κ1) is 10.5. The number of hydrogen-bond donors (Lipinski definition) is 3. The molecule has 0 aliphatic rings. The Kier molecular flexibility index (Phi) is 3.90. The van der Waals surface area contributed by atoms with Gasteiger partial charge >= 0.3 is 6.03 Å². The van der Waals surface area contributed by atoms with Crippen LogP contribution in [-0.4, -0.2) is 12.2 Å². The Morgan fingerprint density at radius 2 is 2.21 bits per heavy atom. The highest BCUT2D eigenvalue weighted by Gasteiger charge is 1.94. The van der Waals surface area contributed by atoms with Gasteiger partial charge in [0.15, 0.2) is 0 Å². The van der Waals surface area contributed by atoms with Gasteiger partial charge in [0.25, 0.3) is 0 Å². The Balaban J connectivity index is 2.60. The van der Waals surface area contributed by atoms with Crippen molar-refractivity contribution in [2.45, 2.75) is 0 Å². The topological polar surface area (TPSA) is 79.5 Å². The highest BCUT2D eigenvalue weighted by atomic mass is 35.5. The maximum absolute atomic E-state index is 10.6. The fourth-order valence-electron chi connectivity index (χ4n) is 0.773. The predicted octanol–water partition coefficient (Wildman–Crippen LogP) is 0.847. The van der Waals surface area contributed by atoms with Crippen LogP contribution in [0.3, 0.4) is 0 Å². The van der Waals surface area contributed by atoms with Crippen molar-refractivity contribution in [2.75, 3.05) is 0 Å². The van der Waals surface area contributed by atoms with Gasteiger partial charge in [-0.05, 0) is 6.07 Å². The van der Waals surface area contributed by atoms with Crippen LogP contribution < -0.4 is 16.7 Å². The number of urea groups is 1. The molecular weight excluding hydrogens is 204 g/mol. The number of carbonyl (C=O) groups excluding carboxylic acids is 1. The zero-order chi connectivity index (χ0) is 10.4. The maximum atomic E-state index is 10.6. The lowest BCUT2D eigenvalue weighted by molar-refractivity contribution is 0.241. The molecule has 2 amide bonds. The third-order valence-electron chi connectivity index (χ3n) is 1.41. The standard InChI is InChI=1S/C8H9ClN4O/c9-7-4-2-1-3-6(7)5-11-13-8(14)12-10/h1-5H,10H2,(H2,12,13,14). The molecule has 0 atom stereocenters. The largest absolute Gasteiger partial charge is 0.349 e. The molecule has 6 heteroatoms. The second-order valence-corrected chi connectivity index (χ2v) is 2.77. The molecule has 0 aromatic heterocycles. The summed E-state index contributed by atoms with van der Waals surface area (Å²) in [6, 6.07) is 6.53. The molecule has 4 N–H and O–H groups in total. The highest BCUT2D eigenvalue weighted by Crippen LogP contribution is 2.11. The number of hydrazine groups is 1. The summed E-state index contributed by atoms with van der Waals surface area (Å²) in [7, 11) is 0. The first-order valence-corrected chi connectivity index (χ1v) is 4.16. The van der Waals surface area contributed by atoms with E-state index in [1.807, 2.05) is 11.5 Å². The molecule has 1 rings (SSSR count). The number of hydrogen-bond acceptors (Lipinski definition) is 3. The lowest BCUT2D eigenvalue weighted by atomic mass is 10.2. The zero-order valence-corrected chi connectivity index (χ0v) is 7.95. The van der Waals surface area contributed by atoms with Crippen LogP contribution in [0, 0.1) is 0 Å². The minimum absolute atomic E-state index is 0.561. The van der Waals surface area contributed by atoms with Gasteiger partial charge in [-0.15, -0.1) is 0 Å². The fraction of sp³-hybridized carbons (Fsp3) is 0. The molecule has 1 aromatic carbocycles.